The van der Waals surface area contributed by atoms with Crippen molar-refractivity contribution in [1.29, 1.82) is 0 Å². The second-order valence-electron chi connectivity index (χ2n) is 6.46. The van der Waals surface area contributed by atoms with Gasteiger partial charge in [-0.05, 0) is 24.6 Å². The van der Waals surface area contributed by atoms with Gasteiger partial charge in [-0.25, -0.2) is 8.42 Å². The number of nitrogens with one attached hydrogen (secondary N) is 1. The van der Waals surface area contributed by atoms with Crippen LogP contribution in [-0.2, 0) is 26.0 Å². The number of carbonyl (C=O) groups excluding carboxylic acids is 2. The second-order valence-corrected chi connectivity index (χ2v) is 8.57. The van der Waals surface area contributed by atoms with E-state index in [1.807, 2.05) is 37.3 Å². The highest BCUT2D eigenvalue weighted by Gasteiger charge is 2.23. The molecular weight excluding hydrogens is 380 g/mol. The molecule has 0 saturated heterocycles. The Hall–Kier alpha value is -2.87. The van der Waals surface area contributed by atoms with Crippen LogP contribution in [0.4, 0.5) is 5.69 Å². The van der Waals surface area contributed by atoms with E-state index in [1.54, 1.807) is 4.90 Å². The number of carbonyl (C=O) groups is 2. The fraction of sp³-hybridized carbons (Fsp3) is 0.300. The van der Waals surface area contributed by atoms with Crippen LogP contribution in [0.1, 0.15) is 18.9 Å². The molecule has 1 aliphatic rings. The number of benzene rings is 2. The Balaban J connectivity index is 1.65. The first-order chi connectivity index (χ1) is 13.4. The Bertz CT molecular complexity index is 973. The second kappa shape index (κ2) is 8.43. The van der Waals surface area contributed by atoms with Crippen LogP contribution in [0.25, 0.3) is 0 Å². The molecule has 1 N–H and O–H groups in total. The van der Waals surface area contributed by atoms with Gasteiger partial charge >= 0.3 is 0 Å². The van der Waals surface area contributed by atoms with Crippen molar-refractivity contribution in [1.82, 2.24) is 4.90 Å². The zero-order valence-electron chi connectivity index (χ0n) is 15.6. The van der Waals surface area contributed by atoms with E-state index in [2.05, 4.69) is 5.32 Å². The molecule has 0 unspecified atom stereocenters. The highest BCUT2D eigenvalue weighted by atomic mass is 32.2. The molecule has 0 spiro atoms. The minimum atomic E-state index is -3.66. The zero-order chi connectivity index (χ0) is 20.1. The van der Waals surface area contributed by atoms with Crippen molar-refractivity contribution >= 4 is 27.3 Å². The van der Waals surface area contributed by atoms with Gasteiger partial charge in [0.25, 0.3) is 5.91 Å². The summed E-state index contributed by atoms with van der Waals surface area (Å²) in [5.41, 5.74) is 1.43. The summed E-state index contributed by atoms with van der Waals surface area (Å²) in [6.07, 6.45) is -0.0995. The number of ether oxygens (including phenoxy) is 1. The molecule has 0 aromatic heterocycles. The van der Waals surface area contributed by atoms with Crippen molar-refractivity contribution in [3.8, 4) is 5.75 Å². The lowest BCUT2D eigenvalue weighted by molar-refractivity contribution is -0.131. The summed E-state index contributed by atoms with van der Waals surface area (Å²) in [7, 11) is -3.66. The molecular formula is C20H22N2O5S. The number of hydrogen-bond donors (Lipinski definition) is 1. The smallest absolute Gasteiger partial charge is 0.262 e. The van der Waals surface area contributed by atoms with Gasteiger partial charge in [-0.3, -0.25) is 9.59 Å². The summed E-state index contributed by atoms with van der Waals surface area (Å²) in [5.74, 6) is -0.475. The molecule has 0 radical (unpaired) electrons. The minimum absolute atomic E-state index is 0.0707. The molecule has 2 aromatic carbocycles. The standard InChI is InChI=1S/C20H22N2O5S/c1-2-22(13-15-6-4-3-5-7-15)20(24)10-11-28(25,26)16-8-9-17-18(12-16)27-14-19(23)21-17/h3-9,12H,2,10-11,13-14H2,1H3,(H,21,23). The first-order valence-electron chi connectivity index (χ1n) is 9.00. The summed E-state index contributed by atoms with van der Waals surface area (Å²) in [6.45, 7) is 2.66. The molecule has 1 heterocycles. The van der Waals surface area contributed by atoms with E-state index in [1.165, 1.54) is 18.2 Å². The number of sulfone groups is 1. The minimum Gasteiger partial charge on any atom is -0.482 e. The Labute approximate surface area is 164 Å². The Kier molecular flexibility index (Phi) is 5.99. The third-order valence-corrected chi connectivity index (χ3v) is 6.19. The molecule has 148 valence electrons. The van der Waals surface area contributed by atoms with Gasteiger partial charge in [-0.15, -0.1) is 0 Å². The molecule has 28 heavy (non-hydrogen) atoms. The summed E-state index contributed by atoms with van der Waals surface area (Å²) in [4.78, 5) is 25.5. The van der Waals surface area contributed by atoms with Crippen LogP contribution in [0.5, 0.6) is 5.75 Å². The number of rotatable bonds is 7. The van der Waals surface area contributed by atoms with Crippen molar-refractivity contribution < 1.29 is 22.7 Å². The molecule has 8 heteroatoms. The summed E-state index contributed by atoms with van der Waals surface area (Å²) < 4.78 is 30.6. The van der Waals surface area contributed by atoms with E-state index in [-0.39, 0.29) is 35.5 Å². The third-order valence-electron chi connectivity index (χ3n) is 4.48. The number of hydrogen-bond acceptors (Lipinski definition) is 5. The van der Waals surface area contributed by atoms with Crippen molar-refractivity contribution in [3.05, 3.63) is 54.1 Å². The lowest BCUT2D eigenvalue weighted by Crippen LogP contribution is -2.31. The van der Waals surface area contributed by atoms with Crippen molar-refractivity contribution in [2.45, 2.75) is 24.8 Å². The maximum Gasteiger partial charge on any atom is 0.262 e. The number of fused-ring (bicyclic) bond motifs is 1. The topological polar surface area (TPSA) is 92.8 Å². The summed E-state index contributed by atoms with van der Waals surface area (Å²) in [6, 6.07) is 13.9. The van der Waals surface area contributed by atoms with Crippen molar-refractivity contribution in [2.24, 2.45) is 0 Å². The van der Waals surface area contributed by atoms with E-state index >= 15 is 0 Å². The van der Waals surface area contributed by atoms with Crippen molar-refractivity contribution in [2.75, 3.05) is 24.2 Å². The Morgan fingerprint density at radius 2 is 1.93 bits per heavy atom. The van der Waals surface area contributed by atoms with E-state index in [0.717, 1.165) is 5.56 Å². The molecule has 0 fully saturated rings. The lowest BCUT2D eigenvalue weighted by atomic mass is 10.2. The van der Waals surface area contributed by atoms with Crippen LogP contribution < -0.4 is 10.1 Å². The van der Waals surface area contributed by atoms with Crippen molar-refractivity contribution in [3.63, 3.8) is 0 Å². The molecule has 0 saturated carbocycles. The quantitative estimate of drug-likeness (QED) is 0.767. The maximum absolute atomic E-state index is 12.6. The van der Waals surface area contributed by atoms with Gasteiger partial charge in [0.15, 0.2) is 16.4 Å². The average Bonchev–Trinajstić information content (AvgIpc) is 2.70. The molecule has 0 atom stereocenters. The molecule has 0 bridgehead atoms. The Morgan fingerprint density at radius 3 is 2.64 bits per heavy atom. The van der Waals surface area contributed by atoms with E-state index in [0.29, 0.717) is 24.5 Å². The Morgan fingerprint density at radius 1 is 1.18 bits per heavy atom. The number of nitrogens with zero attached hydrogens (tertiary/aromatic N) is 1. The SMILES string of the molecule is CCN(Cc1ccccc1)C(=O)CCS(=O)(=O)c1ccc2c(c1)OCC(=O)N2. The van der Waals surface area contributed by atoms with Gasteiger partial charge in [0.2, 0.25) is 5.91 Å². The van der Waals surface area contributed by atoms with Gasteiger partial charge in [0.05, 0.1) is 16.3 Å². The summed E-state index contributed by atoms with van der Waals surface area (Å²) >= 11 is 0. The van der Waals surface area contributed by atoms with Gasteiger partial charge in [0.1, 0.15) is 5.75 Å². The lowest BCUT2D eigenvalue weighted by Gasteiger charge is -2.21. The molecule has 2 aromatic rings. The number of anilines is 1. The predicted molar refractivity (Wildman–Crippen MR) is 105 cm³/mol. The maximum atomic E-state index is 12.6. The fourth-order valence-corrected chi connectivity index (χ4v) is 4.17. The van der Waals surface area contributed by atoms with Crippen LogP contribution in [-0.4, -0.2) is 44.0 Å². The first kappa shape index (κ1) is 19.9. The van der Waals surface area contributed by atoms with Crippen LogP contribution >= 0.6 is 0 Å². The fourth-order valence-electron chi connectivity index (χ4n) is 2.93. The van der Waals surface area contributed by atoms with Crippen LogP contribution in [0.2, 0.25) is 0 Å². The largest absolute Gasteiger partial charge is 0.482 e. The third kappa shape index (κ3) is 4.69. The van der Waals surface area contributed by atoms with Crippen LogP contribution in [0, 0.1) is 0 Å². The highest BCUT2D eigenvalue weighted by molar-refractivity contribution is 7.91. The molecule has 2 amide bonds. The molecule has 1 aliphatic heterocycles. The van der Waals surface area contributed by atoms with E-state index in [9.17, 15) is 18.0 Å². The number of amides is 2. The highest BCUT2D eigenvalue weighted by Crippen LogP contribution is 2.30. The van der Waals surface area contributed by atoms with Crippen LogP contribution in [0.3, 0.4) is 0 Å². The van der Waals surface area contributed by atoms with E-state index < -0.39 is 9.84 Å². The van der Waals surface area contributed by atoms with Gasteiger partial charge in [0, 0.05) is 25.6 Å². The van der Waals surface area contributed by atoms with E-state index in [4.69, 9.17) is 4.74 Å². The normalized spacial score (nSPS) is 13.2. The average molecular weight is 402 g/mol. The molecule has 0 aliphatic carbocycles. The molecule has 7 nitrogen and oxygen atoms in total. The zero-order valence-corrected chi connectivity index (χ0v) is 16.4. The predicted octanol–water partition coefficient (Wildman–Crippen LogP) is 2.23. The van der Waals surface area contributed by atoms with Gasteiger partial charge in [-0.1, -0.05) is 30.3 Å². The van der Waals surface area contributed by atoms with Gasteiger partial charge < -0.3 is 15.0 Å². The monoisotopic (exact) mass is 402 g/mol. The van der Waals surface area contributed by atoms with Gasteiger partial charge in [-0.2, -0.15) is 0 Å². The first-order valence-corrected chi connectivity index (χ1v) is 10.7. The summed E-state index contributed by atoms with van der Waals surface area (Å²) in [5, 5.41) is 2.61. The molecule has 3 rings (SSSR count). The van der Waals surface area contributed by atoms with Crippen LogP contribution in [0.15, 0.2) is 53.4 Å².